The van der Waals surface area contributed by atoms with Crippen LogP contribution in [0.25, 0.3) is 0 Å². The van der Waals surface area contributed by atoms with Crippen molar-refractivity contribution in [2.45, 2.75) is 67.0 Å². The Kier molecular flexibility index (Phi) is 5.67. The van der Waals surface area contributed by atoms with Crippen LogP contribution in [-0.2, 0) is 0 Å². The number of nitrogens with one attached hydrogen (secondary N) is 1. The summed E-state index contributed by atoms with van der Waals surface area (Å²) >= 11 is 0. The number of rotatable bonds is 5. The van der Waals surface area contributed by atoms with Crippen LogP contribution in [-0.4, -0.2) is 36.6 Å². The molecule has 0 aromatic carbocycles. The smallest absolute Gasteiger partial charge is 0.0120 e. The maximum absolute atomic E-state index is 3.64. The zero-order chi connectivity index (χ0) is 13.9. The highest BCUT2D eigenvalue weighted by Crippen LogP contribution is 2.31. The van der Waals surface area contributed by atoms with E-state index in [1.54, 1.807) is 0 Å². The first-order valence-electron chi connectivity index (χ1n) is 7.77. The second kappa shape index (κ2) is 6.38. The molecule has 1 heterocycles. The largest absolute Gasteiger partial charge is 0.314 e. The van der Waals surface area contributed by atoms with Crippen molar-refractivity contribution in [3.63, 3.8) is 0 Å². The normalized spacial score (nSPS) is 31.0. The zero-order valence-corrected chi connectivity index (χ0v) is 13.6. The van der Waals surface area contributed by atoms with Crippen molar-refractivity contribution < 1.29 is 0 Å². The molecule has 1 rings (SSSR count). The van der Waals surface area contributed by atoms with Crippen molar-refractivity contribution in [3.05, 3.63) is 0 Å². The van der Waals surface area contributed by atoms with Crippen LogP contribution in [0.4, 0.5) is 0 Å². The van der Waals surface area contributed by atoms with Crippen molar-refractivity contribution in [3.8, 4) is 0 Å². The summed E-state index contributed by atoms with van der Waals surface area (Å²) in [7, 11) is 0. The van der Waals surface area contributed by atoms with Gasteiger partial charge in [0.2, 0.25) is 0 Å². The van der Waals surface area contributed by atoms with Gasteiger partial charge in [-0.2, -0.15) is 0 Å². The summed E-state index contributed by atoms with van der Waals surface area (Å²) in [5.74, 6) is 1.49. The average Bonchev–Trinajstić information content (AvgIpc) is 2.28. The van der Waals surface area contributed by atoms with Gasteiger partial charge < -0.3 is 5.32 Å². The van der Waals surface area contributed by atoms with Crippen LogP contribution < -0.4 is 5.32 Å². The van der Waals surface area contributed by atoms with Crippen LogP contribution in [0.1, 0.15) is 54.9 Å². The van der Waals surface area contributed by atoms with Gasteiger partial charge >= 0.3 is 0 Å². The van der Waals surface area contributed by atoms with E-state index in [4.69, 9.17) is 0 Å². The molecule has 18 heavy (non-hydrogen) atoms. The fourth-order valence-corrected chi connectivity index (χ4v) is 2.92. The van der Waals surface area contributed by atoms with Crippen LogP contribution in [0, 0.1) is 17.3 Å². The summed E-state index contributed by atoms with van der Waals surface area (Å²) < 4.78 is 0. The number of hydrogen-bond donors (Lipinski definition) is 1. The highest BCUT2D eigenvalue weighted by molar-refractivity contribution is 4.90. The number of likely N-dealkylation sites (tertiary alicyclic amines) is 1. The van der Waals surface area contributed by atoms with Crippen LogP contribution >= 0.6 is 0 Å². The van der Waals surface area contributed by atoms with E-state index in [-0.39, 0.29) is 0 Å². The first-order chi connectivity index (χ1) is 8.29. The third-order valence-corrected chi connectivity index (χ3v) is 5.34. The second-order valence-electron chi connectivity index (χ2n) is 7.17. The second-order valence-corrected chi connectivity index (χ2v) is 7.17. The van der Waals surface area contributed by atoms with Gasteiger partial charge in [0.15, 0.2) is 0 Å². The molecule has 0 amide bonds. The predicted octanol–water partition coefficient (Wildman–Crippen LogP) is 3.38. The minimum Gasteiger partial charge on any atom is -0.314 e. The van der Waals surface area contributed by atoms with E-state index < -0.39 is 0 Å². The lowest BCUT2D eigenvalue weighted by molar-refractivity contribution is 0.0379. The minimum atomic E-state index is 0.416. The molecule has 3 unspecified atom stereocenters. The standard InChI is InChI=1S/C16H34N2/c1-8-17-15-9-10-18(14(5)13(15)4)11-16(6,7)12(2)3/h12-15,17H,8-11H2,1-7H3. The number of piperidine rings is 1. The van der Waals surface area contributed by atoms with E-state index in [0.717, 1.165) is 18.4 Å². The molecule has 108 valence electrons. The van der Waals surface area contributed by atoms with Gasteiger partial charge in [-0.15, -0.1) is 0 Å². The molecule has 0 aromatic rings. The molecule has 1 fully saturated rings. The highest BCUT2D eigenvalue weighted by Gasteiger charge is 2.35. The molecule has 0 saturated carbocycles. The Morgan fingerprint density at radius 2 is 1.89 bits per heavy atom. The Morgan fingerprint density at radius 1 is 1.28 bits per heavy atom. The maximum Gasteiger partial charge on any atom is 0.0120 e. The Labute approximate surface area is 115 Å². The average molecular weight is 254 g/mol. The molecule has 0 spiro atoms. The van der Waals surface area contributed by atoms with E-state index >= 15 is 0 Å². The van der Waals surface area contributed by atoms with Crippen LogP contribution in [0.5, 0.6) is 0 Å². The zero-order valence-electron chi connectivity index (χ0n) is 13.6. The van der Waals surface area contributed by atoms with Crippen molar-refractivity contribution in [2.75, 3.05) is 19.6 Å². The van der Waals surface area contributed by atoms with Gasteiger partial charge in [-0.1, -0.05) is 41.5 Å². The van der Waals surface area contributed by atoms with Crippen LogP contribution in [0.3, 0.4) is 0 Å². The summed E-state index contributed by atoms with van der Waals surface area (Å²) in [5, 5.41) is 3.64. The molecule has 0 aliphatic carbocycles. The van der Waals surface area contributed by atoms with E-state index in [1.165, 1.54) is 19.5 Å². The number of hydrogen-bond acceptors (Lipinski definition) is 2. The lowest BCUT2D eigenvalue weighted by atomic mass is 9.78. The van der Waals surface area contributed by atoms with Crippen molar-refractivity contribution in [1.82, 2.24) is 10.2 Å². The maximum atomic E-state index is 3.64. The molecule has 2 heteroatoms. The van der Waals surface area contributed by atoms with Crippen LogP contribution in [0.15, 0.2) is 0 Å². The summed E-state index contributed by atoms with van der Waals surface area (Å²) in [4.78, 5) is 2.71. The molecule has 1 N–H and O–H groups in total. The highest BCUT2D eigenvalue weighted by atomic mass is 15.2. The lowest BCUT2D eigenvalue weighted by Crippen LogP contribution is -2.55. The Bertz CT molecular complexity index is 247. The monoisotopic (exact) mass is 254 g/mol. The van der Waals surface area contributed by atoms with Gasteiger partial charge in [-0.3, -0.25) is 4.90 Å². The van der Waals surface area contributed by atoms with Crippen molar-refractivity contribution in [2.24, 2.45) is 17.3 Å². The summed E-state index contributed by atoms with van der Waals surface area (Å²) in [5.41, 5.74) is 0.416. The van der Waals surface area contributed by atoms with Crippen LogP contribution in [0.2, 0.25) is 0 Å². The first-order valence-corrected chi connectivity index (χ1v) is 7.77. The van der Waals surface area contributed by atoms with Crippen molar-refractivity contribution >= 4 is 0 Å². The lowest BCUT2D eigenvalue weighted by Gasteiger charge is -2.46. The van der Waals surface area contributed by atoms with Crippen molar-refractivity contribution in [1.29, 1.82) is 0 Å². The fraction of sp³-hybridized carbons (Fsp3) is 1.00. The quantitative estimate of drug-likeness (QED) is 0.809. The van der Waals surface area contributed by atoms with Gasteiger partial charge in [0, 0.05) is 18.6 Å². The first kappa shape index (κ1) is 16.0. The van der Waals surface area contributed by atoms with E-state index in [1.807, 2.05) is 0 Å². The van der Waals surface area contributed by atoms with Gasteiger partial charge in [-0.25, -0.2) is 0 Å². The predicted molar refractivity (Wildman–Crippen MR) is 80.9 cm³/mol. The van der Waals surface area contributed by atoms with E-state index in [0.29, 0.717) is 17.5 Å². The molecule has 2 nitrogen and oxygen atoms in total. The molecule has 3 atom stereocenters. The SMILES string of the molecule is CCNC1CCN(CC(C)(C)C(C)C)C(C)C1C. The molecular formula is C16H34N2. The molecule has 0 bridgehead atoms. The third-order valence-electron chi connectivity index (χ3n) is 5.34. The number of nitrogens with zero attached hydrogens (tertiary/aromatic N) is 1. The van der Waals surface area contributed by atoms with Gasteiger partial charge in [-0.05, 0) is 43.7 Å². The Hall–Kier alpha value is -0.0800. The summed E-state index contributed by atoms with van der Waals surface area (Å²) in [6.07, 6.45) is 1.30. The molecule has 0 aromatic heterocycles. The van der Waals surface area contributed by atoms with Gasteiger partial charge in [0.1, 0.15) is 0 Å². The van der Waals surface area contributed by atoms with Gasteiger partial charge in [0.25, 0.3) is 0 Å². The topological polar surface area (TPSA) is 15.3 Å². The fourth-order valence-electron chi connectivity index (χ4n) is 2.92. The van der Waals surface area contributed by atoms with E-state index in [2.05, 4.69) is 58.7 Å². The summed E-state index contributed by atoms with van der Waals surface area (Å²) in [6, 6.07) is 1.41. The molecule has 1 saturated heterocycles. The van der Waals surface area contributed by atoms with Gasteiger partial charge in [0.05, 0.1) is 0 Å². The van der Waals surface area contributed by atoms with E-state index in [9.17, 15) is 0 Å². The minimum absolute atomic E-state index is 0.416. The molecular weight excluding hydrogens is 220 g/mol. The third kappa shape index (κ3) is 3.71. The Morgan fingerprint density at radius 3 is 2.39 bits per heavy atom. The molecule has 0 radical (unpaired) electrons. The molecule has 1 aliphatic heterocycles. The Balaban J connectivity index is 2.60. The summed E-state index contributed by atoms with van der Waals surface area (Å²) in [6.45, 7) is 20.1. The molecule has 1 aliphatic rings.